The Balaban J connectivity index is 1.51. The number of ether oxygens (including phenoxy) is 2. The lowest BCUT2D eigenvalue weighted by Gasteiger charge is -2.13. The number of rotatable bonds is 9. The van der Waals surface area contributed by atoms with Crippen molar-refractivity contribution in [2.24, 2.45) is 0 Å². The number of benzene rings is 2. The number of hydrogen-bond acceptors (Lipinski definition) is 5. The summed E-state index contributed by atoms with van der Waals surface area (Å²) in [5.74, 6) is 0.760. The summed E-state index contributed by atoms with van der Waals surface area (Å²) in [6.07, 6.45) is 1.67. The molecule has 2 aromatic heterocycles. The molecule has 0 aliphatic rings. The zero-order chi connectivity index (χ0) is 24.1. The van der Waals surface area contributed by atoms with Gasteiger partial charge in [0.2, 0.25) is 5.91 Å². The second-order valence-electron chi connectivity index (χ2n) is 7.56. The van der Waals surface area contributed by atoms with Crippen molar-refractivity contribution in [1.82, 2.24) is 19.9 Å². The van der Waals surface area contributed by atoms with Gasteiger partial charge in [-0.1, -0.05) is 36.4 Å². The minimum absolute atomic E-state index is 0.209. The van der Waals surface area contributed by atoms with Gasteiger partial charge in [-0.2, -0.15) is 0 Å². The predicted octanol–water partition coefficient (Wildman–Crippen LogP) is 2.80. The molecule has 0 aliphatic carbocycles. The van der Waals surface area contributed by atoms with Gasteiger partial charge in [-0.25, -0.2) is 9.36 Å². The summed E-state index contributed by atoms with van der Waals surface area (Å²) in [5, 5.41) is 2.74. The quantitative estimate of drug-likeness (QED) is 0.354. The smallest absolute Gasteiger partial charge is 0.329 e. The van der Waals surface area contributed by atoms with E-state index in [1.807, 2.05) is 50.2 Å². The fraction of sp³-hybridized carbons (Fsp3) is 0.240. The van der Waals surface area contributed by atoms with Gasteiger partial charge < -0.3 is 24.8 Å². The van der Waals surface area contributed by atoms with Crippen molar-refractivity contribution in [1.29, 1.82) is 0 Å². The third-order valence-electron chi connectivity index (χ3n) is 5.30. The number of aromatic amines is 2. The Morgan fingerprint density at radius 1 is 0.971 bits per heavy atom. The largest absolute Gasteiger partial charge is 0.490 e. The molecule has 2 aromatic carbocycles. The van der Waals surface area contributed by atoms with Crippen molar-refractivity contribution in [2.75, 3.05) is 13.2 Å². The first-order valence-corrected chi connectivity index (χ1v) is 11.1. The van der Waals surface area contributed by atoms with Crippen LogP contribution in [0.4, 0.5) is 0 Å². The molecule has 0 bridgehead atoms. The molecule has 0 fully saturated rings. The summed E-state index contributed by atoms with van der Waals surface area (Å²) in [6.45, 7) is 4.57. The summed E-state index contributed by atoms with van der Waals surface area (Å²) in [7, 11) is 0. The predicted molar refractivity (Wildman–Crippen MR) is 129 cm³/mol. The van der Waals surface area contributed by atoms with E-state index >= 15 is 0 Å². The molecule has 2 heterocycles. The zero-order valence-corrected chi connectivity index (χ0v) is 19.0. The maximum atomic E-state index is 12.9. The maximum absolute atomic E-state index is 12.9. The summed E-state index contributed by atoms with van der Waals surface area (Å²) < 4.78 is 12.0. The van der Waals surface area contributed by atoms with Crippen LogP contribution in [-0.2, 0) is 17.9 Å². The van der Waals surface area contributed by atoms with Crippen LogP contribution in [0.1, 0.15) is 19.4 Å². The molecule has 9 heteroatoms. The van der Waals surface area contributed by atoms with Crippen LogP contribution in [0.25, 0.3) is 22.2 Å². The second kappa shape index (κ2) is 10.1. The lowest BCUT2D eigenvalue weighted by molar-refractivity contribution is -0.121. The maximum Gasteiger partial charge on any atom is 0.329 e. The highest BCUT2D eigenvalue weighted by Gasteiger charge is 2.16. The lowest BCUT2D eigenvalue weighted by atomic mass is 10.1. The monoisotopic (exact) mass is 462 g/mol. The van der Waals surface area contributed by atoms with Crippen LogP contribution in [-0.4, -0.2) is 33.7 Å². The molecule has 4 aromatic rings. The lowest BCUT2D eigenvalue weighted by Crippen LogP contribution is -2.40. The summed E-state index contributed by atoms with van der Waals surface area (Å²) in [4.78, 5) is 43.8. The minimum Gasteiger partial charge on any atom is -0.490 e. The Morgan fingerprint density at radius 3 is 2.44 bits per heavy atom. The molecule has 34 heavy (non-hydrogen) atoms. The van der Waals surface area contributed by atoms with E-state index in [0.29, 0.717) is 35.8 Å². The molecule has 0 unspecified atom stereocenters. The average Bonchev–Trinajstić information content (AvgIpc) is 3.26. The van der Waals surface area contributed by atoms with Gasteiger partial charge in [0, 0.05) is 18.3 Å². The molecule has 0 spiro atoms. The number of nitrogens with zero attached hydrogens (tertiary/aromatic N) is 1. The summed E-state index contributed by atoms with van der Waals surface area (Å²) in [5.41, 5.74) is 1.81. The van der Waals surface area contributed by atoms with Gasteiger partial charge in [0.15, 0.2) is 11.5 Å². The Labute approximate surface area is 195 Å². The van der Waals surface area contributed by atoms with Crippen molar-refractivity contribution >= 4 is 16.9 Å². The Hall–Kier alpha value is -4.27. The van der Waals surface area contributed by atoms with Crippen LogP contribution in [0, 0.1) is 0 Å². The highest BCUT2D eigenvalue weighted by Crippen LogP contribution is 2.28. The fourth-order valence-electron chi connectivity index (χ4n) is 3.72. The number of nitrogens with one attached hydrogen (secondary N) is 3. The zero-order valence-electron chi connectivity index (χ0n) is 19.0. The molecule has 0 aliphatic heterocycles. The summed E-state index contributed by atoms with van der Waals surface area (Å²) in [6, 6.07) is 14.8. The average molecular weight is 463 g/mol. The van der Waals surface area contributed by atoms with E-state index in [4.69, 9.17) is 9.47 Å². The molecule has 4 rings (SSSR count). The van der Waals surface area contributed by atoms with Crippen molar-refractivity contribution in [2.45, 2.75) is 26.9 Å². The van der Waals surface area contributed by atoms with Crippen molar-refractivity contribution in [3.8, 4) is 22.6 Å². The highest BCUT2D eigenvalue weighted by molar-refractivity contribution is 5.91. The van der Waals surface area contributed by atoms with Crippen LogP contribution in [0.15, 0.2) is 64.3 Å². The van der Waals surface area contributed by atoms with E-state index in [1.165, 1.54) is 0 Å². The molecule has 0 saturated heterocycles. The molecular formula is C25H26N4O5. The normalized spacial score (nSPS) is 10.9. The van der Waals surface area contributed by atoms with Gasteiger partial charge >= 0.3 is 5.69 Å². The molecule has 0 atom stereocenters. The standard InChI is InChI=1S/C25H26N4O5/c1-3-33-19-11-10-16(12-20(19)34-4-2)13-26-21(30)15-29-24(31)23-22(28-25(29)32)18(14-27-23)17-8-6-5-7-9-17/h5-12,14,27H,3-4,13,15H2,1-2H3,(H,26,30)(H,28,32). The molecular weight excluding hydrogens is 436 g/mol. The SMILES string of the molecule is CCOc1ccc(CNC(=O)Cn2c(=O)[nH]c3c(-c4ccccc4)c[nH]c3c2=O)cc1OCC. The molecule has 9 nitrogen and oxygen atoms in total. The Kier molecular flexibility index (Phi) is 6.82. The van der Waals surface area contributed by atoms with Gasteiger partial charge in [-0.15, -0.1) is 0 Å². The number of carbonyl (C=O) groups excluding carboxylic acids is 1. The molecule has 0 radical (unpaired) electrons. The topological polar surface area (TPSA) is 118 Å². The number of hydrogen-bond donors (Lipinski definition) is 3. The van der Waals surface area contributed by atoms with Crippen LogP contribution >= 0.6 is 0 Å². The van der Waals surface area contributed by atoms with E-state index in [9.17, 15) is 14.4 Å². The van der Waals surface area contributed by atoms with Crippen molar-refractivity contribution in [3.05, 3.63) is 81.1 Å². The minimum atomic E-state index is -0.649. The van der Waals surface area contributed by atoms with Gasteiger partial charge in [0.1, 0.15) is 12.1 Å². The van der Waals surface area contributed by atoms with Gasteiger partial charge in [-0.3, -0.25) is 9.59 Å². The first-order valence-electron chi connectivity index (χ1n) is 11.1. The van der Waals surface area contributed by atoms with Crippen LogP contribution < -0.4 is 26.0 Å². The van der Waals surface area contributed by atoms with Crippen LogP contribution in [0.2, 0.25) is 0 Å². The Bertz CT molecular complexity index is 1420. The fourth-order valence-corrected chi connectivity index (χ4v) is 3.72. The molecule has 0 saturated carbocycles. The van der Waals surface area contributed by atoms with Crippen molar-refractivity contribution in [3.63, 3.8) is 0 Å². The number of fused-ring (bicyclic) bond motifs is 1. The van der Waals surface area contributed by atoms with E-state index in [2.05, 4.69) is 15.3 Å². The first-order chi connectivity index (χ1) is 16.5. The molecule has 3 N–H and O–H groups in total. The van der Waals surface area contributed by atoms with Crippen LogP contribution in [0.3, 0.4) is 0 Å². The van der Waals surface area contributed by atoms with E-state index < -0.39 is 23.7 Å². The number of aromatic nitrogens is 3. The van der Waals surface area contributed by atoms with Crippen LogP contribution in [0.5, 0.6) is 11.5 Å². The summed E-state index contributed by atoms with van der Waals surface area (Å²) >= 11 is 0. The number of H-pyrrole nitrogens is 2. The third-order valence-corrected chi connectivity index (χ3v) is 5.30. The van der Waals surface area contributed by atoms with Gasteiger partial charge in [-0.05, 0) is 37.1 Å². The van der Waals surface area contributed by atoms with Gasteiger partial charge in [0.05, 0.1) is 18.7 Å². The number of carbonyl (C=O) groups is 1. The van der Waals surface area contributed by atoms with E-state index in [-0.39, 0.29) is 12.1 Å². The van der Waals surface area contributed by atoms with E-state index in [1.54, 1.807) is 18.3 Å². The molecule has 176 valence electrons. The number of amides is 1. The second-order valence-corrected chi connectivity index (χ2v) is 7.56. The highest BCUT2D eigenvalue weighted by atomic mass is 16.5. The molecule has 1 amide bonds. The Morgan fingerprint density at radius 2 is 1.71 bits per heavy atom. The van der Waals surface area contributed by atoms with Crippen molar-refractivity contribution < 1.29 is 14.3 Å². The van der Waals surface area contributed by atoms with Gasteiger partial charge in [0.25, 0.3) is 5.56 Å². The first kappa shape index (κ1) is 22.9. The third kappa shape index (κ3) is 4.73. The van der Waals surface area contributed by atoms with E-state index in [0.717, 1.165) is 15.7 Å².